The molecule has 0 spiro atoms. The summed E-state index contributed by atoms with van der Waals surface area (Å²) in [5.41, 5.74) is 1.31. The Morgan fingerprint density at radius 3 is 2.08 bits per heavy atom. The lowest BCUT2D eigenvalue weighted by atomic mass is 10.1. The van der Waals surface area contributed by atoms with Crippen LogP contribution in [0, 0.1) is 0 Å². The summed E-state index contributed by atoms with van der Waals surface area (Å²) in [6.07, 6.45) is 11.5. The molecule has 0 aromatic carbocycles. The molecule has 0 unspecified atom stereocenters. The fraction of sp³-hybridized carbons (Fsp3) is 0.895. The molecule has 2 aliphatic carbocycles. The Balaban J connectivity index is 2.06. The molecule has 0 saturated heterocycles. The Hall–Kier alpha value is -0.400. The molecule has 0 aromatic rings. The summed E-state index contributed by atoms with van der Waals surface area (Å²) in [7, 11) is -7.54. The van der Waals surface area contributed by atoms with Crippen molar-refractivity contribution in [3.05, 3.63) is 11.6 Å². The predicted octanol–water partition coefficient (Wildman–Crippen LogP) is 4.36. The Labute approximate surface area is 160 Å². The van der Waals surface area contributed by atoms with Gasteiger partial charge in [-0.2, -0.15) is 0 Å². The Bertz CT molecular complexity index is 670. The van der Waals surface area contributed by atoms with Crippen molar-refractivity contribution in [1.82, 2.24) is 3.71 Å². The average molecular weight is 406 g/mol. The zero-order valence-electron chi connectivity index (χ0n) is 16.3. The zero-order chi connectivity index (χ0) is 19.2. The number of hydrogen-bond donors (Lipinski definition) is 0. The second-order valence-electron chi connectivity index (χ2n) is 7.88. The Kier molecular flexibility index (Phi) is 8.16. The largest absolute Gasteiger partial charge is 0.230 e. The van der Waals surface area contributed by atoms with Crippen molar-refractivity contribution >= 4 is 20.0 Å². The van der Waals surface area contributed by atoms with Crippen LogP contribution in [0.25, 0.3) is 0 Å². The minimum absolute atomic E-state index is 0.0513. The van der Waals surface area contributed by atoms with Gasteiger partial charge in [-0.3, -0.25) is 0 Å². The lowest BCUT2D eigenvalue weighted by Gasteiger charge is -2.30. The van der Waals surface area contributed by atoms with E-state index in [4.69, 9.17) is 0 Å². The molecular weight excluding hydrogens is 370 g/mol. The highest BCUT2D eigenvalue weighted by atomic mass is 32.3. The number of rotatable bonds is 10. The van der Waals surface area contributed by atoms with Crippen molar-refractivity contribution < 1.29 is 16.8 Å². The van der Waals surface area contributed by atoms with Crippen LogP contribution in [0.2, 0.25) is 0 Å². The van der Waals surface area contributed by atoms with Crippen LogP contribution in [0.3, 0.4) is 0 Å². The van der Waals surface area contributed by atoms with E-state index in [1.807, 2.05) is 6.92 Å². The maximum atomic E-state index is 13.1. The molecule has 0 N–H and O–H groups in total. The van der Waals surface area contributed by atoms with Gasteiger partial charge in [-0.25, -0.2) is 16.8 Å². The van der Waals surface area contributed by atoms with Gasteiger partial charge in [-0.05, 0) is 58.8 Å². The van der Waals surface area contributed by atoms with E-state index in [0.29, 0.717) is 32.1 Å². The number of unbranched alkanes of at least 4 members (excludes halogenated alkanes) is 2. The highest BCUT2D eigenvalue weighted by Crippen LogP contribution is 2.34. The summed E-state index contributed by atoms with van der Waals surface area (Å²) in [6.45, 7) is 4.08. The average Bonchev–Trinajstić information content (AvgIpc) is 3.27. The number of allylic oxidation sites excluding steroid dienone is 2. The summed E-state index contributed by atoms with van der Waals surface area (Å²) in [4.78, 5) is 0. The number of hydrogen-bond acceptors (Lipinski definition) is 4. The van der Waals surface area contributed by atoms with E-state index in [0.717, 1.165) is 48.7 Å². The molecule has 5 nitrogen and oxygen atoms in total. The first kappa shape index (κ1) is 21.9. The van der Waals surface area contributed by atoms with E-state index in [1.54, 1.807) is 0 Å². The fourth-order valence-corrected chi connectivity index (χ4v) is 9.26. The van der Waals surface area contributed by atoms with Crippen molar-refractivity contribution in [2.24, 2.45) is 0 Å². The highest BCUT2D eigenvalue weighted by Gasteiger charge is 2.45. The van der Waals surface area contributed by atoms with Crippen molar-refractivity contribution in [3.63, 3.8) is 0 Å². The van der Waals surface area contributed by atoms with Gasteiger partial charge < -0.3 is 0 Å². The third-order valence-corrected chi connectivity index (χ3v) is 10.9. The van der Waals surface area contributed by atoms with Crippen LogP contribution in [-0.4, -0.2) is 37.6 Å². The van der Waals surface area contributed by atoms with E-state index in [-0.39, 0.29) is 11.8 Å². The molecule has 2 fully saturated rings. The minimum Gasteiger partial charge on any atom is -0.211 e. The van der Waals surface area contributed by atoms with Crippen LogP contribution in [0.4, 0.5) is 0 Å². The molecular formula is C19H35NO4S2. The molecule has 0 heterocycles. The molecule has 0 aliphatic heterocycles. The second-order valence-corrected chi connectivity index (χ2v) is 12.2. The van der Waals surface area contributed by atoms with Crippen molar-refractivity contribution in [2.45, 2.75) is 102 Å². The molecule has 0 bridgehead atoms. The molecule has 7 heteroatoms. The normalized spacial score (nSPS) is 21.1. The monoisotopic (exact) mass is 405 g/mol. The van der Waals surface area contributed by atoms with Crippen LogP contribution >= 0.6 is 0 Å². The molecule has 152 valence electrons. The molecule has 2 rings (SSSR count). The molecule has 0 amide bonds. The molecule has 2 saturated carbocycles. The number of sulfonamides is 2. The Morgan fingerprint density at radius 1 is 0.923 bits per heavy atom. The van der Waals surface area contributed by atoms with E-state index in [2.05, 4.69) is 13.0 Å². The van der Waals surface area contributed by atoms with Gasteiger partial charge in [0.1, 0.15) is 0 Å². The Morgan fingerprint density at radius 2 is 1.50 bits per heavy atom. The first-order valence-electron chi connectivity index (χ1n) is 10.2. The van der Waals surface area contributed by atoms with Gasteiger partial charge in [0.25, 0.3) is 0 Å². The standard InChI is InChI=1S/C19H35NO4S2/c1-3-17(2)11-5-4-10-16-25(21,22)20(18-12-6-7-13-18)26(23,24)19-14-8-9-15-19/h3,18-19H,4-16H2,1-2H3. The van der Waals surface area contributed by atoms with Crippen LogP contribution in [0.1, 0.15) is 90.9 Å². The first-order valence-corrected chi connectivity index (χ1v) is 13.3. The van der Waals surface area contributed by atoms with Gasteiger partial charge in [-0.1, -0.05) is 47.5 Å². The smallest absolute Gasteiger partial charge is 0.211 e. The van der Waals surface area contributed by atoms with Crippen LogP contribution in [-0.2, 0) is 20.0 Å². The molecule has 2 aliphatic rings. The lowest BCUT2D eigenvalue weighted by Crippen LogP contribution is -2.48. The third-order valence-electron chi connectivity index (χ3n) is 5.84. The van der Waals surface area contributed by atoms with Gasteiger partial charge in [0, 0.05) is 6.04 Å². The molecule has 0 atom stereocenters. The SMILES string of the molecule is CC=C(C)CCCCCS(=O)(=O)N(C1CCCC1)S(=O)(=O)C1CCCC1. The van der Waals surface area contributed by atoms with Crippen LogP contribution < -0.4 is 0 Å². The van der Waals surface area contributed by atoms with Gasteiger partial charge in [0.15, 0.2) is 0 Å². The lowest BCUT2D eigenvalue weighted by molar-refractivity contribution is 0.417. The van der Waals surface area contributed by atoms with Crippen LogP contribution in [0.15, 0.2) is 11.6 Å². The third kappa shape index (κ3) is 5.55. The fourth-order valence-electron chi connectivity index (χ4n) is 4.14. The molecule has 0 aromatic heterocycles. The zero-order valence-corrected chi connectivity index (χ0v) is 18.0. The maximum absolute atomic E-state index is 13.1. The summed E-state index contributed by atoms with van der Waals surface area (Å²) in [5.74, 6) is -0.0513. The van der Waals surface area contributed by atoms with Gasteiger partial charge in [0.2, 0.25) is 20.0 Å². The van der Waals surface area contributed by atoms with Crippen LogP contribution in [0.5, 0.6) is 0 Å². The van der Waals surface area contributed by atoms with E-state index < -0.39 is 25.3 Å². The van der Waals surface area contributed by atoms with Crippen molar-refractivity contribution in [2.75, 3.05) is 5.75 Å². The second kappa shape index (κ2) is 9.69. The summed E-state index contributed by atoms with van der Waals surface area (Å²) in [5, 5.41) is -0.504. The predicted molar refractivity (Wildman–Crippen MR) is 107 cm³/mol. The van der Waals surface area contributed by atoms with E-state index >= 15 is 0 Å². The van der Waals surface area contributed by atoms with E-state index in [9.17, 15) is 16.8 Å². The van der Waals surface area contributed by atoms with Gasteiger partial charge >= 0.3 is 0 Å². The van der Waals surface area contributed by atoms with Gasteiger partial charge in [0.05, 0.1) is 11.0 Å². The number of nitrogens with zero attached hydrogens (tertiary/aromatic N) is 1. The quantitative estimate of drug-likeness (QED) is 0.400. The summed E-state index contributed by atoms with van der Waals surface area (Å²) >= 11 is 0. The van der Waals surface area contributed by atoms with E-state index in [1.165, 1.54) is 5.57 Å². The minimum atomic E-state index is -3.78. The maximum Gasteiger partial charge on any atom is 0.230 e. The van der Waals surface area contributed by atoms with Gasteiger partial charge in [-0.15, -0.1) is 0 Å². The summed E-state index contributed by atoms with van der Waals surface area (Å²) in [6, 6.07) is -0.351. The molecule has 26 heavy (non-hydrogen) atoms. The molecule has 0 radical (unpaired) electrons. The first-order chi connectivity index (χ1) is 12.3. The van der Waals surface area contributed by atoms with Crippen molar-refractivity contribution in [1.29, 1.82) is 0 Å². The topological polar surface area (TPSA) is 71.5 Å². The summed E-state index contributed by atoms with van der Waals surface area (Å²) < 4.78 is 53.2. The highest BCUT2D eigenvalue weighted by molar-refractivity contribution is 8.04. The van der Waals surface area contributed by atoms with Crippen molar-refractivity contribution in [3.8, 4) is 0 Å².